The lowest BCUT2D eigenvalue weighted by Crippen LogP contribution is -2.21. The number of hydrogen-bond donors (Lipinski definition) is 0. The molecule has 6 nitrogen and oxygen atoms in total. The Kier molecular flexibility index (Phi) is 13.4. The standard InChI is InChI=1S/C19H38O6Si3/c1-16-18(9-12-27(22-4)23-5)14-17(8-11-26(20-2)21-3)15-19(16)10-13-28(24-6)25-7/h14-15,26-28H,8-13H2,1-7H3. The average Bonchev–Trinajstić information content (AvgIpc) is 2.72. The van der Waals surface area contributed by atoms with Gasteiger partial charge >= 0.3 is 27.9 Å². The normalized spacial score (nSPS) is 11.9. The van der Waals surface area contributed by atoms with Crippen molar-refractivity contribution in [3.05, 3.63) is 34.4 Å². The Bertz CT molecular complexity index is 511. The number of aryl methyl sites for hydroxylation is 3. The molecule has 0 aromatic heterocycles. The molecule has 28 heavy (non-hydrogen) atoms. The Morgan fingerprint density at radius 2 is 0.893 bits per heavy atom. The third kappa shape index (κ3) is 8.56. The van der Waals surface area contributed by atoms with Crippen LogP contribution in [0.1, 0.15) is 22.3 Å². The molecule has 0 atom stereocenters. The van der Waals surface area contributed by atoms with Gasteiger partial charge < -0.3 is 26.6 Å². The molecule has 0 radical (unpaired) electrons. The van der Waals surface area contributed by atoms with Gasteiger partial charge in [0.2, 0.25) is 0 Å². The minimum absolute atomic E-state index is 0.968. The van der Waals surface area contributed by atoms with Gasteiger partial charge in [-0.3, -0.25) is 0 Å². The molecule has 162 valence electrons. The minimum atomic E-state index is -1.57. The maximum atomic E-state index is 5.50. The first kappa shape index (κ1) is 25.7. The van der Waals surface area contributed by atoms with E-state index in [2.05, 4.69) is 19.1 Å². The maximum Gasteiger partial charge on any atom is 0.321 e. The van der Waals surface area contributed by atoms with E-state index < -0.39 is 27.9 Å². The summed E-state index contributed by atoms with van der Waals surface area (Å²) in [5, 5.41) is 0. The van der Waals surface area contributed by atoms with Crippen LogP contribution in [-0.4, -0.2) is 70.5 Å². The zero-order valence-corrected chi connectivity index (χ0v) is 22.0. The molecule has 0 fully saturated rings. The van der Waals surface area contributed by atoms with Crippen LogP contribution in [0, 0.1) is 6.92 Å². The van der Waals surface area contributed by atoms with Gasteiger partial charge in [0.25, 0.3) is 0 Å². The van der Waals surface area contributed by atoms with Crippen LogP contribution < -0.4 is 0 Å². The minimum Gasteiger partial charge on any atom is -0.400 e. The van der Waals surface area contributed by atoms with Crippen molar-refractivity contribution in [1.29, 1.82) is 0 Å². The summed E-state index contributed by atoms with van der Waals surface area (Å²) >= 11 is 0. The van der Waals surface area contributed by atoms with Crippen molar-refractivity contribution < 1.29 is 26.6 Å². The Hall–Kier alpha value is -0.369. The third-order valence-electron chi connectivity index (χ3n) is 5.23. The van der Waals surface area contributed by atoms with Crippen molar-refractivity contribution >= 4 is 27.9 Å². The second kappa shape index (κ2) is 14.6. The van der Waals surface area contributed by atoms with E-state index in [0.29, 0.717) is 0 Å². The zero-order chi connectivity index (χ0) is 20.9. The van der Waals surface area contributed by atoms with E-state index in [0.717, 1.165) is 37.4 Å². The summed E-state index contributed by atoms with van der Waals surface area (Å²) in [5.41, 5.74) is 5.50. The molecule has 1 aromatic rings. The first-order chi connectivity index (χ1) is 13.5. The summed E-state index contributed by atoms with van der Waals surface area (Å²) in [4.78, 5) is 0. The van der Waals surface area contributed by atoms with Crippen molar-refractivity contribution in [2.45, 2.75) is 44.3 Å². The van der Waals surface area contributed by atoms with Crippen LogP contribution in [0.4, 0.5) is 0 Å². The highest BCUT2D eigenvalue weighted by Crippen LogP contribution is 2.23. The quantitative estimate of drug-likeness (QED) is 0.385. The van der Waals surface area contributed by atoms with Crippen LogP contribution in [-0.2, 0) is 45.8 Å². The largest absolute Gasteiger partial charge is 0.400 e. The van der Waals surface area contributed by atoms with Gasteiger partial charge in [0.1, 0.15) is 0 Å². The molecule has 0 heterocycles. The van der Waals surface area contributed by atoms with Crippen LogP contribution >= 0.6 is 0 Å². The van der Waals surface area contributed by atoms with E-state index in [9.17, 15) is 0 Å². The lowest BCUT2D eigenvalue weighted by atomic mass is 9.95. The van der Waals surface area contributed by atoms with E-state index in [1.807, 2.05) is 0 Å². The second-order valence-corrected chi connectivity index (χ2v) is 14.0. The Labute approximate surface area is 176 Å². The van der Waals surface area contributed by atoms with Crippen molar-refractivity contribution in [3.8, 4) is 0 Å². The van der Waals surface area contributed by atoms with Crippen molar-refractivity contribution in [1.82, 2.24) is 0 Å². The van der Waals surface area contributed by atoms with E-state index in [-0.39, 0.29) is 0 Å². The molecule has 1 rings (SSSR count). The number of benzene rings is 1. The summed E-state index contributed by atoms with van der Waals surface area (Å²) in [5.74, 6) is 0. The van der Waals surface area contributed by atoms with Gasteiger partial charge in [0.05, 0.1) is 0 Å². The highest BCUT2D eigenvalue weighted by Gasteiger charge is 2.16. The van der Waals surface area contributed by atoms with E-state index in [1.165, 1.54) is 22.3 Å². The average molecular weight is 447 g/mol. The van der Waals surface area contributed by atoms with Gasteiger partial charge in [-0.05, 0) is 66.6 Å². The molecule has 1 aromatic carbocycles. The highest BCUT2D eigenvalue weighted by atomic mass is 28.3. The molecule has 0 aliphatic heterocycles. The predicted molar refractivity (Wildman–Crippen MR) is 120 cm³/mol. The molecule has 9 heteroatoms. The van der Waals surface area contributed by atoms with Crippen LogP contribution in [0.15, 0.2) is 12.1 Å². The van der Waals surface area contributed by atoms with E-state index in [1.54, 1.807) is 42.7 Å². The molecule has 0 amide bonds. The molecule has 0 aliphatic rings. The molecule has 0 aliphatic carbocycles. The molecule has 0 saturated heterocycles. The van der Waals surface area contributed by atoms with Crippen LogP contribution in [0.2, 0.25) is 18.1 Å². The van der Waals surface area contributed by atoms with Gasteiger partial charge in [-0.2, -0.15) is 0 Å². The molecule has 0 unspecified atom stereocenters. The summed E-state index contributed by atoms with van der Waals surface area (Å²) < 4.78 is 33.0. The molecular weight excluding hydrogens is 408 g/mol. The molecule has 0 saturated carbocycles. The van der Waals surface area contributed by atoms with Gasteiger partial charge in [0.15, 0.2) is 0 Å². The van der Waals surface area contributed by atoms with Gasteiger partial charge in [-0.25, -0.2) is 0 Å². The van der Waals surface area contributed by atoms with Gasteiger partial charge in [-0.1, -0.05) is 12.1 Å². The molecule has 0 bridgehead atoms. The lowest BCUT2D eigenvalue weighted by molar-refractivity contribution is 0.277. The fourth-order valence-electron chi connectivity index (χ4n) is 3.40. The Morgan fingerprint density at radius 3 is 1.21 bits per heavy atom. The number of rotatable bonds is 15. The highest BCUT2D eigenvalue weighted by molar-refractivity contribution is 6.44. The molecule has 0 N–H and O–H groups in total. The second-order valence-electron chi connectivity index (χ2n) is 6.86. The Morgan fingerprint density at radius 1 is 0.571 bits per heavy atom. The van der Waals surface area contributed by atoms with E-state index in [4.69, 9.17) is 26.6 Å². The topological polar surface area (TPSA) is 55.4 Å². The summed E-state index contributed by atoms with van der Waals surface area (Å²) in [6.07, 6.45) is 2.94. The first-order valence-electron chi connectivity index (χ1n) is 9.80. The first-order valence-corrected chi connectivity index (χ1v) is 15.1. The monoisotopic (exact) mass is 446 g/mol. The van der Waals surface area contributed by atoms with Crippen molar-refractivity contribution in [2.75, 3.05) is 42.7 Å². The maximum absolute atomic E-state index is 5.50. The smallest absolute Gasteiger partial charge is 0.321 e. The SMILES string of the molecule is CO[SiH](CCc1cc(CC[SiH](OC)OC)c(C)c(CC[SiH](OC)OC)c1)OC. The summed E-state index contributed by atoms with van der Waals surface area (Å²) in [6, 6.07) is 7.59. The zero-order valence-electron chi connectivity index (χ0n) is 18.6. The van der Waals surface area contributed by atoms with Crippen LogP contribution in [0.3, 0.4) is 0 Å². The third-order valence-corrected chi connectivity index (χ3v) is 10.7. The number of hydrogen-bond acceptors (Lipinski definition) is 6. The molecule has 0 spiro atoms. The fourth-order valence-corrected chi connectivity index (χ4v) is 7.06. The Balaban J connectivity index is 2.99. The summed E-state index contributed by atoms with van der Waals surface area (Å²) in [6.45, 7) is 2.22. The van der Waals surface area contributed by atoms with Crippen molar-refractivity contribution in [2.24, 2.45) is 0 Å². The van der Waals surface area contributed by atoms with E-state index >= 15 is 0 Å². The van der Waals surface area contributed by atoms with Gasteiger partial charge in [-0.15, -0.1) is 0 Å². The predicted octanol–water partition coefficient (Wildman–Crippen LogP) is 2.16. The van der Waals surface area contributed by atoms with Crippen molar-refractivity contribution in [3.63, 3.8) is 0 Å². The lowest BCUT2D eigenvalue weighted by Gasteiger charge is -2.18. The van der Waals surface area contributed by atoms with Crippen LogP contribution in [0.5, 0.6) is 0 Å². The fraction of sp³-hybridized carbons (Fsp3) is 0.684. The summed E-state index contributed by atoms with van der Waals surface area (Å²) in [7, 11) is 5.78. The molecular formula is C19H38O6Si3. The van der Waals surface area contributed by atoms with Gasteiger partial charge in [0, 0.05) is 42.7 Å². The van der Waals surface area contributed by atoms with Crippen LogP contribution in [0.25, 0.3) is 0 Å².